The zero-order chi connectivity index (χ0) is 109. The summed E-state index contributed by atoms with van der Waals surface area (Å²) in [5, 5.41) is 57.7. The van der Waals surface area contributed by atoms with Crippen LogP contribution in [0.15, 0.2) is 131 Å². The van der Waals surface area contributed by atoms with E-state index in [0.717, 1.165) is 0 Å². The molecule has 8 unspecified atom stereocenters. The van der Waals surface area contributed by atoms with Crippen molar-refractivity contribution >= 4 is 59.9 Å². The molecule has 56 heteroatoms. The molecule has 6 aromatic heterocycles. The van der Waals surface area contributed by atoms with Crippen LogP contribution in [0.2, 0.25) is 0 Å². The van der Waals surface area contributed by atoms with Gasteiger partial charge in [0, 0.05) is 134 Å². The monoisotopic (exact) mass is 2210 g/mol. The zero-order valence-corrected chi connectivity index (χ0v) is 93.6. The third-order valence-electron chi connectivity index (χ3n) is 23.5. The largest absolute Gasteiger partial charge is 0.390 e. The van der Waals surface area contributed by atoms with Crippen LogP contribution < -0.4 is 67.5 Å². The molecule has 12 rings (SSSR count). The first-order chi connectivity index (χ1) is 67.9. The predicted molar refractivity (Wildman–Crippen MR) is 557 cm³/mol. The summed E-state index contributed by atoms with van der Waals surface area (Å²) in [6.45, 7) is 36.6. The van der Waals surface area contributed by atoms with Crippen LogP contribution in [0.1, 0.15) is 182 Å². The van der Waals surface area contributed by atoms with Crippen LogP contribution >= 0.6 is 59.9 Å². The highest BCUT2D eigenvalue weighted by Gasteiger charge is 2.46. The van der Waals surface area contributed by atoms with Gasteiger partial charge in [0.25, 0.3) is 50.4 Å². The number of ether oxygens (including phenoxy) is 6. The minimum Gasteiger partial charge on any atom is -0.390 e. The highest BCUT2D eigenvalue weighted by atomic mass is 31.2. The smallest absolute Gasteiger partial charge is 0.328 e. The number of aromatic amines is 6. The van der Waals surface area contributed by atoms with Gasteiger partial charge in [0.15, 0.2) is 0 Å². The second-order valence-corrected chi connectivity index (χ2v) is 64.2. The van der Waals surface area contributed by atoms with Gasteiger partial charge >= 0.3 is 34.1 Å². The van der Waals surface area contributed by atoms with Gasteiger partial charge in [0.2, 0.25) is 0 Å². The third-order valence-corrected chi connectivity index (χ3v) is 32.4. The first kappa shape index (κ1) is 126. The molecule has 6 heterocycles. The van der Waals surface area contributed by atoms with Crippen molar-refractivity contribution in [1.29, 1.82) is 10.5 Å². The van der Waals surface area contributed by atoms with Gasteiger partial charge in [-0.3, -0.25) is 86.1 Å². The second kappa shape index (κ2) is 56.8. The molecular formula is C90H148N16O32P8. The van der Waals surface area contributed by atoms with E-state index in [1.807, 2.05) is 0 Å². The normalized spacial score (nSPS) is 24.8. The van der Waals surface area contributed by atoms with E-state index in [0.29, 0.717) is 77.0 Å². The van der Waals surface area contributed by atoms with Crippen LogP contribution in [0, 0.1) is 22.7 Å². The van der Waals surface area contributed by atoms with Crippen LogP contribution in [0.3, 0.4) is 0 Å². The number of hydrogen-bond acceptors (Lipinski definition) is 36. The molecule has 0 saturated heterocycles. The van der Waals surface area contributed by atoms with E-state index in [-0.39, 0.29) is 125 Å². The molecule has 0 spiro atoms. The maximum atomic E-state index is 12.4. The Bertz CT molecular complexity index is 5780. The van der Waals surface area contributed by atoms with Gasteiger partial charge in [-0.25, -0.2) is 38.1 Å². The van der Waals surface area contributed by atoms with Gasteiger partial charge in [-0.15, -0.1) is 0 Å². The quantitative estimate of drug-likeness (QED) is 0.0130. The standard InChI is InChI=1S/2C21H36N4O6P2.4C12H19N2O5P/c2*1-15(2)25(16(3)4)32(30-11-7-9-22)31-19-13-17(12-18(19)29-14-33(5,6)28)24-10-8-20(26)23-21(24)27;4*1-20(2,18)7-19-10-6-8(5-9(10)15)14-4-3-11(16)13-12(14)17/h2*8,10,15-19H,7,11-14H2,1-6H3,(H,23,26,27);4*3-4,8-10,15H,5-7H2,1-2H3,(H,13,16,17)/t2*17-,18+,19?,32?;4*8-,9?,10-/m101100/s1. The van der Waals surface area contributed by atoms with Crippen molar-refractivity contribution in [3.05, 3.63) is 199 Å². The number of hydrogen-bond donors (Lipinski definition) is 10. The lowest BCUT2D eigenvalue weighted by molar-refractivity contribution is 0.000382. The maximum absolute atomic E-state index is 12.4. The summed E-state index contributed by atoms with van der Waals surface area (Å²) < 4.78 is 143. The summed E-state index contributed by atoms with van der Waals surface area (Å²) in [6.07, 6.45) is 8.82. The zero-order valence-electron chi connectivity index (χ0n) is 86.5. The van der Waals surface area contributed by atoms with Gasteiger partial charge < -0.3 is 94.3 Å². The van der Waals surface area contributed by atoms with Crippen molar-refractivity contribution in [3.8, 4) is 12.1 Å². The summed E-state index contributed by atoms with van der Waals surface area (Å²) in [5.74, 6) is 0. The fraction of sp³-hybridized carbons (Fsp3) is 0.711. The maximum Gasteiger partial charge on any atom is 0.328 e. The van der Waals surface area contributed by atoms with Crippen molar-refractivity contribution in [2.24, 2.45) is 0 Å². The fourth-order valence-electron chi connectivity index (χ4n) is 17.1. The first-order valence-corrected chi connectivity index (χ1v) is 66.9. The van der Waals surface area contributed by atoms with Gasteiger partial charge in [0.1, 0.15) is 42.9 Å². The van der Waals surface area contributed by atoms with Crippen LogP contribution in [0.4, 0.5) is 0 Å². The number of rotatable bonds is 40. The van der Waals surface area contributed by atoms with Crippen LogP contribution in [-0.4, -0.2) is 316 Å². The molecule has 10 N–H and O–H groups in total. The van der Waals surface area contributed by atoms with Crippen molar-refractivity contribution in [3.63, 3.8) is 0 Å². The molecule has 20 atom stereocenters. The fourth-order valence-corrected chi connectivity index (χ4v) is 23.9. The number of aliphatic hydroxyl groups excluding tert-OH is 4. The topological polar surface area (TPSA) is 659 Å². The van der Waals surface area contributed by atoms with Crippen molar-refractivity contribution in [2.75, 3.05) is 131 Å². The van der Waals surface area contributed by atoms with Crippen LogP contribution in [0.25, 0.3) is 0 Å². The molecule has 6 saturated carbocycles. The lowest BCUT2D eigenvalue weighted by Crippen LogP contribution is -2.36. The van der Waals surface area contributed by atoms with Crippen LogP contribution in [-0.2, 0) is 73.9 Å². The average molecular weight is 2210 g/mol. The number of H-pyrrole nitrogens is 6. The summed E-state index contributed by atoms with van der Waals surface area (Å²) in [7, 11) is -17.1. The van der Waals surface area contributed by atoms with Crippen molar-refractivity contribution < 1.29 is 94.3 Å². The Kier molecular flexibility index (Phi) is 48.9. The Labute approximate surface area is 847 Å². The van der Waals surface area contributed by atoms with E-state index < -0.39 is 201 Å². The lowest BCUT2D eigenvalue weighted by Gasteiger charge is -2.37. The molecule has 6 aliphatic carbocycles. The number of nitrogens with one attached hydrogen (secondary N) is 6. The molecule has 146 heavy (non-hydrogen) atoms. The van der Waals surface area contributed by atoms with Gasteiger partial charge in [-0.1, -0.05) is 0 Å². The molecular weight excluding hydrogens is 2060 g/mol. The number of aliphatic hydroxyl groups is 4. The van der Waals surface area contributed by atoms with Crippen molar-refractivity contribution in [1.82, 2.24) is 66.6 Å². The van der Waals surface area contributed by atoms with E-state index in [1.54, 1.807) is 80.0 Å². The van der Waals surface area contributed by atoms with Gasteiger partial charge in [0.05, 0.1) is 150 Å². The second-order valence-electron chi connectivity index (χ2n) is 41.0. The van der Waals surface area contributed by atoms with E-state index in [9.17, 15) is 105 Å². The minimum atomic E-state index is -2.43. The summed E-state index contributed by atoms with van der Waals surface area (Å²) in [6, 6.07) is 11.0. The minimum absolute atomic E-state index is 0.107. The number of nitriles is 2. The molecule has 0 radical (unpaired) electrons. The van der Waals surface area contributed by atoms with Gasteiger partial charge in [-0.2, -0.15) is 10.5 Å². The Morgan fingerprint density at radius 1 is 0.301 bits per heavy atom. The van der Waals surface area contributed by atoms with E-state index >= 15 is 0 Å². The Morgan fingerprint density at radius 2 is 0.466 bits per heavy atom. The summed E-state index contributed by atoms with van der Waals surface area (Å²) in [5.41, 5.74) is -5.64. The molecule has 820 valence electrons. The molecule has 0 aliphatic heterocycles. The lowest BCUT2D eigenvalue weighted by atomic mass is 10.2. The summed E-state index contributed by atoms with van der Waals surface area (Å²) in [4.78, 5) is 152. The average Bonchev–Trinajstić information content (AvgIpc) is 1.64. The number of aromatic nitrogens is 12. The highest BCUT2D eigenvalue weighted by Crippen LogP contribution is 2.54. The van der Waals surface area contributed by atoms with Gasteiger partial charge in [-0.05, 0) is 212 Å². The van der Waals surface area contributed by atoms with Crippen LogP contribution in [0.5, 0.6) is 0 Å². The Morgan fingerprint density at radius 3 is 0.630 bits per heavy atom. The molecule has 0 bridgehead atoms. The Balaban J connectivity index is 0.000000241. The molecule has 6 aliphatic rings. The molecule has 6 fully saturated rings. The van der Waals surface area contributed by atoms with Crippen molar-refractivity contribution in [2.45, 2.75) is 279 Å². The Hall–Kier alpha value is -7.34. The number of nitrogens with zero attached hydrogens (tertiary/aromatic N) is 10. The predicted octanol–water partition coefficient (Wildman–Crippen LogP) is 7.79. The molecule has 48 nitrogen and oxygen atoms in total. The van der Waals surface area contributed by atoms with E-state index in [2.05, 4.69) is 107 Å². The first-order valence-electron chi connectivity index (χ1n) is 47.9. The summed E-state index contributed by atoms with van der Waals surface area (Å²) >= 11 is 0. The molecule has 0 aromatic carbocycles. The van der Waals surface area contributed by atoms with E-state index in [4.69, 9.17) is 57.0 Å². The van der Waals surface area contributed by atoms with E-state index in [1.165, 1.54) is 101 Å². The third kappa shape index (κ3) is 42.0. The highest BCUT2D eigenvalue weighted by molar-refractivity contribution is 7.63. The SMILES string of the molecule is CC(C)N(C(C)C)P(OCCC#N)OC1C[C@@H](n2ccc(=O)[nH]c2=O)C[C@H]1OCP(C)(C)=O.CC(C)N(C(C)C)P(OCCC#N)OC1C[C@H](n2ccc(=O)[nH]c2=O)C[C@@H]1OCP(C)(C)=O.CP(C)(=O)CO[C@@H]1C[C@H](n2ccc(=O)[nH]c2=O)CC1O.CP(C)(=O)CO[C@@H]1C[C@H](n2ccc(=O)[nH]c2=O)CC1O.CP(C)(=O)CO[C@H]1C[C@@H](n2ccc(=O)[nH]c2=O)CC1O.CP(C)(=O)CO[C@H]1C[C@@H](n2ccc(=O)[nH]c2=O)CC1O. The molecule has 0 amide bonds. The molecule has 6 aromatic rings.